The Kier molecular flexibility index (Phi) is 5.90. The largest absolute Gasteiger partial charge is 0.493 e. The molecule has 1 aliphatic rings. The van der Waals surface area contributed by atoms with E-state index in [9.17, 15) is 14.4 Å². The molecule has 1 unspecified atom stereocenters. The van der Waals surface area contributed by atoms with Crippen molar-refractivity contribution in [3.05, 3.63) is 33.1 Å². The summed E-state index contributed by atoms with van der Waals surface area (Å²) in [4.78, 5) is 41.9. The molecule has 9 heteroatoms. The fourth-order valence-corrected chi connectivity index (χ4v) is 3.09. The summed E-state index contributed by atoms with van der Waals surface area (Å²) in [6.45, 7) is 3.09. The number of hydrogen-bond acceptors (Lipinski definition) is 6. The van der Waals surface area contributed by atoms with Crippen LogP contribution in [0.3, 0.4) is 0 Å². The Morgan fingerprint density at radius 2 is 2.26 bits per heavy atom. The molecule has 1 N–H and O–H groups in total. The van der Waals surface area contributed by atoms with E-state index < -0.39 is 17.2 Å². The van der Waals surface area contributed by atoms with E-state index in [-0.39, 0.29) is 23.7 Å². The molecule has 2 aromatic heterocycles. The molecule has 0 radical (unpaired) electrons. The summed E-state index contributed by atoms with van der Waals surface area (Å²) in [7, 11) is 1.52. The first kappa shape index (κ1) is 19.1. The van der Waals surface area contributed by atoms with Gasteiger partial charge in [-0.3, -0.25) is 14.2 Å². The van der Waals surface area contributed by atoms with Gasteiger partial charge in [0.15, 0.2) is 5.65 Å². The number of aromatic nitrogens is 3. The molecule has 1 aliphatic heterocycles. The Hall–Kier alpha value is -2.68. The average molecular weight is 376 g/mol. The zero-order valence-corrected chi connectivity index (χ0v) is 15.6. The number of aryl methyl sites for hydroxylation is 1. The van der Waals surface area contributed by atoms with Crippen LogP contribution in [0.15, 0.2) is 21.9 Å². The summed E-state index contributed by atoms with van der Waals surface area (Å²) in [5, 5.41) is 2.92. The first-order valence-electron chi connectivity index (χ1n) is 9.12. The van der Waals surface area contributed by atoms with Crippen LogP contribution in [0.4, 0.5) is 0 Å². The topological polar surface area (TPSA) is 104 Å². The van der Waals surface area contributed by atoms with Gasteiger partial charge in [0.25, 0.3) is 5.56 Å². The van der Waals surface area contributed by atoms with Crippen molar-refractivity contribution in [2.45, 2.75) is 38.8 Å². The molecule has 1 fully saturated rings. The fourth-order valence-electron chi connectivity index (χ4n) is 3.09. The summed E-state index contributed by atoms with van der Waals surface area (Å²) in [6.07, 6.45) is 4.11. The maximum atomic E-state index is 12.9. The number of fused-ring (bicyclic) bond motifs is 1. The Morgan fingerprint density at radius 3 is 2.96 bits per heavy atom. The second-order valence-electron chi connectivity index (χ2n) is 6.53. The first-order valence-corrected chi connectivity index (χ1v) is 9.12. The molecule has 3 rings (SSSR count). The van der Waals surface area contributed by atoms with E-state index in [1.54, 1.807) is 6.07 Å². The zero-order valence-electron chi connectivity index (χ0n) is 15.6. The standard InChI is InChI=1S/C18H24N4O5/c1-3-8-27-13-6-7-19-16-15(13)17(24)22(18(25)21(16)2)11-14(23)20-10-12-5-4-9-26-12/h6-7,12H,3-5,8-11H2,1-2H3,(H,20,23). The normalized spacial score (nSPS) is 16.6. The molecule has 146 valence electrons. The molecule has 0 aliphatic carbocycles. The molecular formula is C18H24N4O5. The van der Waals surface area contributed by atoms with Gasteiger partial charge in [0.1, 0.15) is 17.7 Å². The minimum absolute atomic E-state index is 0.0108. The molecule has 1 amide bonds. The predicted octanol–water partition coefficient (Wildman–Crippen LogP) is 0.179. The van der Waals surface area contributed by atoms with Crippen molar-refractivity contribution in [1.82, 2.24) is 19.4 Å². The maximum Gasteiger partial charge on any atom is 0.332 e. The molecule has 0 aromatic carbocycles. The number of nitrogens with zero attached hydrogens (tertiary/aromatic N) is 3. The van der Waals surface area contributed by atoms with E-state index in [1.165, 1.54) is 17.8 Å². The van der Waals surface area contributed by atoms with Crippen LogP contribution < -0.4 is 21.3 Å². The molecular weight excluding hydrogens is 352 g/mol. The van der Waals surface area contributed by atoms with Crippen molar-refractivity contribution in [3.8, 4) is 5.75 Å². The monoisotopic (exact) mass is 376 g/mol. The van der Waals surface area contributed by atoms with Gasteiger partial charge < -0.3 is 14.8 Å². The number of carbonyl (C=O) groups excluding carboxylic acids is 1. The van der Waals surface area contributed by atoms with Crippen LogP contribution in [0, 0.1) is 0 Å². The van der Waals surface area contributed by atoms with Crippen LogP contribution >= 0.6 is 0 Å². The number of carbonyl (C=O) groups is 1. The number of rotatable bonds is 7. The molecule has 9 nitrogen and oxygen atoms in total. The van der Waals surface area contributed by atoms with E-state index in [0.717, 1.165) is 23.8 Å². The molecule has 1 saturated heterocycles. The van der Waals surface area contributed by atoms with Gasteiger partial charge in [-0.25, -0.2) is 14.3 Å². The summed E-state index contributed by atoms with van der Waals surface area (Å²) < 4.78 is 13.3. The molecule has 0 spiro atoms. The van der Waals surface area contributed by atoms with Gasteiger partial charge in [0.2, 0.25) is 5.91 Å². The fraction of sp³-hybridized carbons (Fsp3) is 0.556. The first-order chi connectivity index (χ1) is 13.0. The highest BCUT2D eigenvalue weighted by Gasteiger charge is 2.20. The summed E-state index contributed by atoms with van der Waals surface area (Å²) in [5.41, 5.74) is -0.950. The van der Waals surface area contributed by atoms with Crippen LogP contribution in [-0.4, -0.2) is 45.9 Å². The van der Waals surface area contributed by atoms with Crippen LogP contribution in [-0.2, 0) is 23.1 Å². The zero-order chi connectivity index (χ0) is 19.4. The third-order valence-electron chi connectivity index (χ3n) is 4.50. The van der Waals surface area contributed by atoms with Crippen molar-refractivity contribution >= 4 is 16.9 Å². The lowest BCUT2D eigenvalue weighted by Crippen LogP contribution is -2.44. The highest BCUT2D eigenvalue weighted by atomic mass is 16.5. The summed E-state index contributed by atoms with van der Waals surface area (Å²) in [6, 6.07) is 1.59. The van der Waals surface area contributed by atoms with Gasteiger partial charge in [-0.15, -0.1) is 0 Å². The van der Waals surface area contributed by atoms with Crippen LogP contribution in [0.5, 0.6) is 5.75 Å². The van der Waals surface area contributed by atoms with Crippen molar-refractivity contribution in [2.24, 2.45) is 7.05 Å². The van der Waals surface area contributed by atoms with E-state index in [2.05, 4.69) is 10.3 Å². The van der Waals surface area contributed by atoms with Gasteiger partial charge in [-0.1, -0.05) is 6.92 Å². The van der Waals surface area contributed by atoms with E-state index in [0.29, 0.717) is 25.5 Å². The van der Waals surface area contributed by atoms with E-state index in [4.69, 9.17) is 9.47 Å². The quantitative estimate of drug-likeness (QED) is 0.739. The number of nitrogens with one attached hydrogen (secondary N) is 1. The number of ether oxygens (including phenoxy) is 2. The van der Waals surface area contributed by atoms with E-state index in [1.807, 2.05) is 6.92 Å². The Morgan fingerprint density at radius 1 is 1.44 bits per heavy atom. The molecule has 2 aromatic rings. The predicted molar refractivity (Wildman–Crippen MR) is 99.0 cm³/mol. The van der Waals surface area contributed by atoms with Gasteiger partial charge >= 0.3 is 5.69 Å². The molecule has 1 atom stereocenters. The Bertz CT molecular complexity index is 943. The van der Waals surface area contributed by atoms with Gasteiger partial charge in [-0.2, -0.15) is 0 Å². The highest BCUT2D eigenvalue weighted by molar-refractivity contribution is 5.81. The van der Waals surface area contributed by atoms with Crippen molar-refractivity contribution < 1.29 is 14.3 Å². The third-order valence-corrected chi connectivity index (χ3v) is 4.50. The second kappa shape index (κ2) is 8.34. The molecule has 27 heavy (non-hydrogen) atoms. The van der Waals surface area contributed by atoms with Gasteiger partial charge in [0.05, 0.1) is 12.7 Å². The average Bonchev–Trinajstić information content (AvgIpc) is 3.19. The second-order valence-corrected chi connectivity index (χ2v) is 6.53. The highest BCUT2D eigenvalue weighted by Crippen LogP contribution is 2.19. The number of hydrogen-bond donors (Lipinski definition) is 1. The van der Waals surface area contributed by atoms with Crippen LogP contribution in [0.2, 0.25) is 0 Å². The van der Waals surface area contributed by atoms with Crippen molar-refractivity contribution in [3.63, 3.8) is 0 Å². The summed E-state index contributed by atoms with van der Waals surface area (Å²) in [5.74, 6) is -0.0556. The van der Waals surface area contributed by atoms with Crippen LogP contribution in [0.25, 0.3) is 11.0 Å². The Labute approximate surface area is 155 Å². The van der Waals surface area contributed by atoms with Gasteiger partial charge in [0, 0.05) is 26.4 Å². The minimum Gasteiger partial charge on any atom is -0.493 e. The van der Waals surface area contributed by atoms with Crippen molar-refractivity contribution in [2.75, 3.05) is 19.8 Å². The third kappa shape index (κ3) is 4.02. The van der Waals surface area contributed by atoms with Gasteiger partial charge in [-0.05, 0) is 25.3 Å². The lowest BCUT2D eigenvalue weighted by molar-refractivity contribution is -0.122. The number of amides is 1. The van der Waals surface area contributed by atoms with Crippen molar-refractivity contribution in [1.29, 1.82) is 0 Å². The summed E-state index contributed by atoms with van der Waals surface area (Å²) >= 11 is 0. The lowest BCUT2D eigenvalue weighted by Gasteiger charge is -2.14. The van der Waals surface area contributed by atoms with E-state index >= 15 is 0 Å². The van der Waals surface area contributed by atoms with Crippen LogP contribution in [0.1, 0.15) is 26.2 Å². The minimum atomic E-state index is -0.597. The molecule has 0 saturated carbocycles. The number of pyridine rings is 1. The SMILES string of the molecule is CCCOc1ccnc2c1c(=O)n(CC(=O)NCC1CCCO1)c(=O)n2C. The lowest BCUT2D eigenvalue weighted by atomic mass is 10.2. The maximum absolute atomic E-state index is 12.9. The molecule has 0 bridgehead atoms. The Balaban J connectivity index is 1.91. The molecule has 3 heterocycles. The smallest absolute Gasteiger partial charge is 0.332 e.